The van der Waals surface area contributed by atoms with E-state index >= 15 is 0 Å². The van der Waals surface area contributed by atoms with Crippen molar-refractivity contribution in [3.05, 3.63) is 24.3 Å². The van der Waals surface area contributed by atoms with Crippen LogP contribution in [-0.4, -0.2) is 49.7 Å². The Morgan fingerprint density at radius 3 is 1.18 bits per heavy atom. The van der Waals surface area contributed by atoms with Crippen molar-refractivity contribution in [2.75, 3.05) is 0 Å². The van der Waals surface area contributed by atoms with E-state index in [1.807, 2.05) is 13.8 Å². The van der Waals surface area contributed by atoms with Gasteiger partial charge in [-0.1, -0.05) is 39.8 Å². The molecule has 0 aliphatic carbocycles. The molecule has 0 N–H and O–H groups in total. The van der Waals surface area contributed by atoms with Gasteiger partial charge in [0.15, 0.2) is 0 Å². The molecular weight excluding hydrogens is 248 g/mol. The van der Waals surface area contributed by atoms with Gasteiger partial charge in [0.2, 0.25) is 0 Å². The first-order valence-electron chi connectivity index (χ1n) is 5.14. The monoisotopic (exact) mass is 266 g/mol. The minimum Gasteiger partial charge on any atom is -0.545 e. The summed E-state index contributed by atoms with van der Waals surface area (Å²) in [6, 6.07) is 0. The quantitative estimate of drug-likeness (QED) is 0.493. The molecule has 0 amide bonds. The van der Waals surface area contributed by atoms with E-state index in [0.717, 1.165) is 12.8 Å². The Labute approximate surface area is 132 Å². The van der Waals surface area contributed by atoms with Crippen LogP contribution in [0, 0.1) is 0 Å². The van der Waals surface area contributed by atoms with Gasteiger partial charge in [-0.05, 0) is 24.0 Å². The molecule has 0 spiro atoms. The number of rotatable bonds is 6. The molecule has 0 heterocycles. The molecule has 0 aromatic carbocycles. The Balaban J connectivity index is -0.000000218. The van der Waals surface area contributed by atoms with E-state index in [9.17, 15) is 19.8 Å². The van der Waals surface area contributed by atoms with E-state index in [2.05, 4.69) is 13.2 Å². The van der Waals surface area contributed by atoms with Crippen molar-refractivity contribution in [2.24, 2.45) is 0 Å². The summed E-state index contributed by atoms with van der Waals surface area (Å²) in [5.41, 5.74) is 0.375. The van der Waals surface area contributed by atoms with Gasteiger partial charge in [-0.2, -0.15) is 0 Å². The molecule has 17 heavy (non-hydrogen) atoms. The molecule has 0 aromatic rings. The average molecular weight is 266 g/mol. The second-order valence-electron chi connectivity index (χ2n) is 3.28. The number of carboxylic acids is 2. The largest absolute Gasteiger partial charge is 2.00 e. The van der Waals surface area contributed by atoms with Crippen molar-refractivity contribution < 1.29 is 19.8 Å². The summed E-state index contributed by atoms with van der Waals surface area (Å²) in [7, 11) is 0. The van der Waals surface area contributed by atoms with Crippen LogP contribution in [0.2, 0.25) is 0 Å². The third-order valence-electron chi connectivity index (χ3n) is 1.68. The third kappa shape index (κ3) is 15.7. The van der Waals surface area contributed by atoms with Gasteiger partial charge in [-0.15, -0.1) is 0 Å². The molecule has 0 aliphatic heterocycles. The van der Waals surface area contributed by atoms with Crippen LogP contribution in [0.25, 0.3) is 0 Å². The zero-order valence-corrected chi connectivity index (χ0v) is 12.8. The molecule has 0 aromatic heterocycles. The Morgan fingerprint density at radius 2 is 1.12 bits per heavy atom. The first kappa shape index (κ1) is 21.9. The molecule has 0 atom stereocenters. The Bertz CT molecular complexity index is 244. The molecule has 0 saturated carbocycles. The molecule has 0 bridgehead atoms. The first-order chi connectivity index (χ1) is 7.36. The normalized spacial score (nSPS) is 8.12. The maximum atomic E-state index is 9.88. The summed E-state index contributed by atoms with van der Waals surface area (Å²) < 4.78 is 0. The van der Waals surface area contributed by atoms with E-state index in [-0.39, 0.29) is 48.9 Å². The van der Waals surface area contributed by atoms with E-state index < -0.39 is 11.9 Å². The second kappa shape index (κ2) is 13.7. The summed E-state index contributed by atoms with van der Waals surface area (Å²) in [5.74, 6) is -2.27. The average Bonchev–Trinajstić information content (AvgIpc) is 2.19. The summed E-state index contributed by atoms with van der Waals surface area (Å²) in [4.78, 5) is 19.8. The number of carbonyl (C=O) groups is 2. The van der Waals surface area contributed by atoms with Gasteiger partial charge >= 0.3 is 37.7 Å². The standard InChI is InChI=1S/2C6H10O2.Ca/c2*1-3-4-5(2)6(7)8;/h2*2-4H2,1H3,(H,7,8);/q;;+2/p-2. The van der Waals surface area contributed by atoms with Gasteiger partial charge < -0.3 is 19.8 Å². The van der Waals surface area contributed by atoms with Crippen LogP contribution in [0.5, 0.6) is 0 Å². The SMILES string of the molecule is C=C(CCC)C(=O)[O-].C=C(CCC)C(=O)[O-].[Ca+2]. The fraction of sp³-hybridized carbons (Fsp3) is 0.500. The van der Waals surface area contributed by atoms with Crippen LogP contribution in [-0.2, 0) is 9.59 Å². The van der Waals surface area contributed by atoms with E-state index in [1.165, 1.54) is 0 Å². The molecular formula is C12H18CaO4. The van der Waals surface area contributed by atoms with Gasteiger partial charge in [0.05, 0.1) is 11.9 Å². The van der Waals surface area contributed by atoms with Gasteiger partial charge in [0.25, 0.3) is 0 Å². The van der Waals surface area contributed by atoms with Crippen molar-refractivity contribution >= 4 is 49.7 Å². The molecule has 4 nitrogen and oxygen atoms in total. The Morgan fingerprint density at radius 1 is 0.882 bits per heavy atom. The Hall–Kier alpha value is -0.320. The van der Waals surface area contributed by atoms with Crippen molar-refractivity contribution in [3.63, 3.8) is 0 Å². The molecule has 0 saturated heterocycles. The van der Waals surface area contributed by atoms with Gasteiger partial charge in [-0.25, -0.2) is 0 Å². The molecule has 0 unspecified atom stereocenters. The minimum absolute atomic E-state index is 0. The fourth-order valence-electron chi connectivity index (χ4n) is 0.808. The van der Waals surface area contributed by atoms with Crippen molar-refractivity contribution in [3.8, 4) is 0 Å². The smallest absolute Gasteiger partial charge is 0.545 e. The summed E-state index contributed by atoms with van der Waals surface area (Å²) in [5, 5.41) is 19.8. The zero-order chi connectivity index (χ0) is 13.1. The molecule has 0 fully saturated rings. The van der Waals surface area contributed by atoms with Crippen molar-refractivity contribution in [1.29, 1.82) is 0 Å². The van der Waals surface area contributed by atoms with Crippen LogP contribution >= 0.6 is 0 Å². The maximum absolute atomic E-state index is 9.88. The van der Waals surface area contributed by atoms with Crippen molar-refractivity contribution in [1.82, 2.24) is 0 Å². The first-order valence-corrected chi connectivity index (χ1v) is 5.14. The second-order valence-corrected chi connectivity index (χ2v) is 3.28. The van der Waals surface area contributed by atoms with E-state index in [4.69, 9.17) is 0 Å². The summed E-state index contributed by atoms with van der Waals surface area (Å²) >= 11 is 0. The van der Waals surface area contributed by atoms with Gasteiger partial charge in [-0.3, -0.25) is 0 Å². The van der Waals surface area contributed by atoms with Crippen LogP contribution in [0.1, 0.15) is 39.5 Å². The predicted molar refractivity (Wildman–Crippen MR) is 63.9 cm³/mol. The molecule has 92 valence electrons. The minimum atomic E-state index is -1.13. The number of hydrogen-bond donors (Lipinski definition) is 0. The molecule has 0 radical (unpaired) electrons. The van der Waals surface area contributed by atoms with Gasteiger partial charge in [0, 0.05) is 0 Å². The molecule has 0 rings (SSSR count). The zero-order valence-electron chi connectivity index (χ0n) is 10.6. The van der Waals surface area contributed by atoms with E-state index in [1.54, 1.807) is 0 Å². The van der Waals surface area contributed by atoms with Crippen LogP contribution in [0.3, 0.4) is 0 Å². The number of carboxylic acid groups (broad SMARTS) is 2. The number of hydrogen-bond acceptors (Lipinski definition) is 4. The number of carbonyl (C=O) groups excluding carboxylic acids is 2. The van der Waals surface area contributed by atoms with Crippen LogP contribution in [0.4, 0.5) is 0 Å². The predicted octanol–water partition coefficient (Wildman–Crippen LogP) is -0.196. The Kier molecular flexibility index (Phi) is 17.7. The maximum Gasteiger partial charge on any atom is 2.00 e. The van der Waals surface area contributed by atoms with Crippen LogP contribution < -0.4 is 10.2 Å². The van der Waals surface area contributed by atoms with Gasteiger partial charge in [0.1, 0.15) is 0 Å². The molecule has 0 aliphatic rings. The summed E-state index contributed by atoms with van der Waals surface area (Å²) in [6.45, 7) is 10.4. The fourth-order valence-corrected chi connectivity index (χ4v) is 0.808. The van der Waals surface area contributed by atoms with E-state index in [0.29, 0.717) is 12.8 Å². The summed E-state index contributed by atoms with van der Waals surface area (Å²) in [6.07, 6.45) is 2.68. The topological polar surface area (TPSA) is 80.3 Å². The third-order valence-corrected chi connectivity index (χ3v) is 1.68. The van der Waals surface area contributed by atoms with Crippen LogP contribution in [0.15, 0.2) is 24.3 Å². The van der Waals surface area contributed by atoms with Crippen molar-refractivity contribution in [2.45, 2.75) is 39.5 Å². The number of aliphatic carboxylic acids is 2. The molecule has 5 heteroatoms.